The molecule has 3 aromatic heterocycles. The van der Waals surface area contributed by atoms with Crippen LogP contribution < -0.4 is 16.0 Å². The van der Waals surface area contributed by atoms with Gasteiger partial charge < -0.3 is 16.0 Å². The highest BCUT2D eigenvalue weighted by molar-refractivity contribution is 5.80. The van der Waals surface area contributed by atoms with Gasteiger partial charge in [0.25, 0.3) is 0 Å². The third kappa shape index (κ3) is 4.01. The van der Waals surface area contributed by atoms with E-state index < -0.39 is 0 Å². The summed E-state index contributed by atoms with van der Waals surface area (Å²) in [5, 5.41) is 7.84. The quantitative estimate of drug-likeness (QED) is 0.460. The van der Waals surface area contributed by atoms with Crippen molar-refractivity contribution in [2.24, 2.45) is 5.73 Å². The molecule has 3 N–H and O–H groups in total. The summed E-state index contributed by atoms with van der Waals surface area (Å²) in [6.45, 7) is 4.21. The number of rotatable bonds is 6. The molecule has 5 rings (SSSR count). The lowest BCUT2D eigenvalue weighted by Crippen LogP contribution is -2.19. The smallest absolute Gasteiger partial charge is 0.178 e. The molecule has 4 aromatic rings. The predicted molar refractivity (Wildman–Crippen MR) is 130 cm³/mol. The molecule has 0 spiro atoms. The molecule has 1 saturated heterocycles. The van der Waals surface area contributed by atoms with Crippen LogP contribution in [0.3, 0.4) is 0 Å². The van der Waals surface area contributed by atoms with Gasteiger partial charge in [0.2, 0.25) is 0 Å². The van der Waals surface area contributed by atoms with Crippen LogP contribution >= 0.6 is 0 Å². The third-order valence-electron chi connectivity index (χ3n) is 5.76. The second-order valence-electron chi connectivity index (χ2n) is 8.02. The zero-order valence-corrected chi connectivity index (χ0v) is 18.2. The largest absolute Gasteiger partial charge is 0.399 e. The molecule has 0 aliphatic carbocycles. The van der Waals surface area contributed by atoms with Crippen molar-refractivity contribution < 1.29 is 0 Å². The summed E-state index contributed by atoms with van der Waals surface area (Å²) in [5.41, 5.74) is 11.7. The molecule has 1 fully saturated rings. The Balaban J connectivity index is 1.51. The minimum atomic E-state index is 0.753. The molecule has 0 radical (unpaired) electrons. The van der Waals surface area contributed by atoms with Crippen LogP contribution in [0.15, 0.2) is 67.1 Å². The van der Waals surface area contributed by atoms with E-state index in [2.05, 4.69) is 51.5 Å². The van der Waals surface area contributed by atoms with Crippen molar-refractivity contribution in [3.63, 3.8) is 0 Å². The standard InChI is InChI=1S/C25H27N7/c1-2-7-21(26)19-9-5-8-18(14-19)20-15-22(25-27-17-28-32(25)16-20)29-23-10-6-11-24(30-23)31-12-3-4-13-31/h5-11,14-17H,2-4,12-13,26H2,1H3,(H,29,30). The molecular weight excluding hydrogens is 398 g/mol. The van der Waals surface area contributed by atoms with Crippen LogP contribution in [0.4, 0.5) is 17.3 Å². The molecule has 7 heteroatoms. The van der Waals surface area contributed by atoms with E-state index in [4.69, 9.17) is 10.7 Å². The maximum absolute atomic E-state index is 6.23. The predicted octanol–water partition coefficient (Wildman–Crippen LogP) is 4.84. The van der Waals surface area contributed by atoms with E-state index in [9.17, 15) is 0 Å². The van der Waals surface area contributed by atoms with Crippen LogP contribution in [0.25, 0.3) is 22.5 Å². The molecular formula is C25H27N7. The van der Waals surface area contributed by atoms with Gasteiger partial charge in [-0.05, 0) is 54.7 Å². The second kappa shape index (κ2) is 8.70. The van der Waals surface area contributed by atoms with E-state index in [1.54, 1.807) is 10.8 Å². The van der Waals surface area contributed by atoms with Crippen molar-refractivity contribution >= 4 is 28.7 Å². The topological polar surface area (TPSA) is 84.4 Å². The molecule has 0 amide bonds. The Morgan fingerprint density at radius 2 is 1.94 bits per heavy atom. The number of fused-ring (bicyclic) bond motifs is 1. The van der Waals surface area contributed by atoms with Crippen molar-refractivity contribution in [1.29, 1.82) is 0 Å². The van der Waals surface area contributed by atoms with Gasteiger partial charge in [0, 0.05) is 30.5 Å². The highest BCUT2D eigenvalue weighted by atomic mass is 15.3. The van der Waals surface area contributed by atoms with Crippen molar-refractivity contribution in [1.82, 2.24) is 19.6 Å². The highest BCUT2D eigenvalue weighted by Gasteiger charge is 2.15. The molecule has 0 bridgehead atoms. The number of nitrogens with one attached hydrogen (secondary N) is 1. The molecule has 1 aliphatic rings. The molecule has 32 heavy (non-hydrogen) atoms. The Hall–Kier alpha value is -3.87. The fraction of sp³-hybridized carbons (Fsp3) is 0.240. The maximum Gasteiger partial charge on any atom is 0.178 e. The van der Waals surface area contributed by atoms with E-state index in [1.807, 2.05) is 36.5 Å². The lowest BCUT2D eigenvalue weighted by atomic mass is 10.0. The minimum absolute atomic E-state index is 0.753. The molecule has 162 valence electrons. The number of aromatic nitrogens is 4. The SMILES string of the molecule is CCC=C(N)c1cccc(-c2cc(Nc3cccc(N4CCCC4)n3)c3ncnn3c2)c1. The van der Waals surface area contributed by atoms with E-state index in [0.717, 1.165) is 64.9 Å². The van der Waals surface area contributed by atoms with Crippen molar-refractivity contribution in [3.8, 4) is 11.1 Å². The van der Waals surface area contributed by atoms with Crippen LogP contribution in [0, 0.1) is 0 Å². The van der Waals surface area contributed by atoms with Crippen molar-refractivity contribution in [3.05, 3.63) is 72.7 Å². The number of nitrogens with zero attached hydrogens (tertiary/aromatic N) is 5. The molecule has 0 unspecified atom stereocenters. The molecule has 0 atom stereocenters. The average molecular weight is 426 g/mol. The monoisotopic (exact) mass is 425 g/mol. The third-order valence-corrected chi connectivity index (χ3v) is 5.76. The molecule has 1 aliphatic heterocycles. The average Bonchev–Trinajstić information content (AvgIpc) is 3.52. The fourth-order valence-electron chi connectivity index (χ4n) is 4.15. The number of hydrogen-bond donors (Lipinski definition) is 2. The van der Waals surface area contributed by atoms with Gasteiger partial charge in [-0.25, -0.2) is 14.5 Å². The summed E-state index contributed by atoms with van der Waals surface area (Å²) in [6.07, 6.45) is 8.93. The van der Waals surface area contributed by atoms with Crippen molar-refractivity contribution in [2.75, 3.05) is 23.3 Å². The van der Waals surface area contributed by atoms with Crippen LogP contribution in [0.1, 0.15) is 31.7 Å². The van der Waals surface area contributed by atoms with Gasteiger partial charge in [-0.1, -0.05) is 37.3 Å². The Bertz CT molecular complexity index is 1270. The molecule has 0 saturated carbocycles. The Kier molecular flexibility index (Phi) is 5.46. The Morgan fingerprint density at radius 3 is 2.78 bits per heavy atom. The van der Waals surface area contributed by atoms with E-state index >= 15 is 0 Å². The van der Waals surface area contributed by atoms with Gasteiger partial charge in [-0.2, -0.15) is 5.10 Å². The molecule has 4 heterocycles. The van der Waals surface area contributed by atoms with Crippen molar-refractivity contribution in [2.45, 2.75) is 26.2 Å². The molecule has 1 aromatic carbocycles. The zero-order valence-electron chi connectivity index (χ0n) is 18.2. The van der Waals surface area contributed by atoms with Crippen LogP contribution in [-0.4, -0.2) is 32.7 Å². The number of hydrogen-bond acceptors (Lipinski definition) is 6. The number of allylic oxidation sites excluding steroid dienone is 1. The summed E-state index contributed by atoms with van der Waals surface area (Å²) in [5.74, 6) is 1.80. The zero-order chi connectivity index (χ0) is 21.9. The second-order valence-corrected chi connectivity index (χ2v) is 8.02. The number of anilines is 3. The van der Waals surface area contributed by atoms with Gasteiger partial charge in [0.1, 0.15) is 18.0 Å². The minimum Gasteiger partial charge on any atom is -0.399 e. The summed E-state index contributed by atoms with van der Waals surface area (Å²) in [4.78, 5) is 11.6. The lowest BCUT2D eigenvalue weighted by molar-refractivity contribution is 0.938. The number of pyridine rings is 2. The number of benzene rings is 1. The van der Waals surface area contributed by atoms with Gasteiger partial charge >= 0.3 is 0 Å². The Morgan fingerprint density at radius 1 is 1.09 bits per heavy atom. The summed E-state index contributed by atoms with van der Waals surface area (Å²) in [6, 6.07) is 16.4. The van der Waals surface area contributed by atoms with Gasteiger partial charge in [-0.3, -0.25) is 0 Å². The first kappa shape index (κ1) is 20.1. The summed E-state index contributed by atoms with van der Waals surface area (Å²) in [7, 11) is 0. The summed E-state index contributed by atoms with van der Waals surface area (Å²) < 4.78 is 1.79. The van der Waals surface area contributed by atoms with Crippen LogP contribution in [-0.2, 0) is 0 Å². The van der Waals surface area contributed by atoms with E-state index in [1.165, 1.54) is 12.8 Å². The summed E-state index contributed by atoms with van der Waals surface area (Å²) >= 11 is 0. The van der Waals surface area contributed by atoms with E-state index in [0.29, 0.717) is 0 Å². The first-order chi connectivity index (χ1) is 15.7. The Labute approximate surface area is 187 Å². The molecule has 7 nitrogen and oxygen atoms in total. The number of nitrogens with two attached hydrogens (primary N) is 1. The lowest BCUT2D eigenvalue weighted by Gasteiger charge is -2.17. The first-order valence-corrected chi connectivity index (χ1v) is 11.1. The van der Waals surface area contributed by atoms with Crippen LogP contribution in [0.5, 0.6) is 0 Å². The van der Waals surface area contributed by atoms with Gasteiger partial charge in [0.15, 0.2) is 5.65 Å². The van der Waals surface area contributed by atoms with Crippen LogP contribution in [0.2, 0.25) is 0 Å². The van der Waals surface area contributed by atoms with Gasteiger partial charge in [0.05, 0.1) is 5.69 Å². The maximum atomic E-state index is 6.23. The normalized spacial score (nSPS) is 14.3. The highest BCUT2D eigenvalue weighted by Crippen LogP contribution is 2.29. The fourth-order valence-corrected chi connectivity index (χ4v) is 4.15. The van der Waals surface area contributed by atoms with E-state index in [-0.39, 0.29) is 0 Å². The van der Waals surface area contributed by atoms with Gasteiger partial charge in [-0.15, -0.1) is 0 Å². The first-order valence-electron chi connectivity index (χ1n) is 11.1.